The third-order valence-electron chi connectivity index (χ3n) is 2.78. The second-order valence-electron chi connectivity index (χ2n) is 4.32. The second-order valence-corrected chi connectivity index (χ2v) is 6.28. The summed E-state index contributed by atoms with van der Waals surface area (Å²) < 4.78 is 63.6. The van der Waals surface area contributed by atoms with Crippen molar-refractivity contribution in [3.63, 3.8) is 0 Å². The molecule has 0 atom stereocenters. The molecule has 0 aliphatic heterocycles. The van der Waals surface area contributed by atoms with Gasteiger partial charge in [-0.1, -0.05) is 6.07 Å². The average Bonchev–Trinajstić information content (AvgIpc) is 2.75. The Morgan fingerprint density at radius 3 is 2.62 bits per heavy atom. The van der Waals surface area contributed by atoms with Crippen molar-refractivity contribution in [2.75, 3.05) is 26.0 Å². The Morgan fingerprint density at radius 1 is 1.38 bits per heavy atom. The van der Waals surface area contributed by atoms with E-state index in [0.29, 0.717) is 5.65 Å². The molecule has 6 nitrogen and oxygen atoms in total. The maximum absolute atomic E-state index is 12.4. The summed E-state index contributed by atoms with van der Waals surface area (Å²) in [5.74, 6) is -0.00442. The summed E-state index contributed by atoms with van der Waals surface area (Å²) in [6.07, 6.45) is -3.19. The van der Waals surface area contributed by atoms with Gasteiger partial charge in [0.05, 0.1) is 0 Å². The van der Waals surface area contributed by atoms with E-state index in [2.05, 4.69) is 10.3 Å². The summed E-state index contributed by atoms with van der Waals surface area (Å²) >= 11 is 0. The largest absolute Gasteiger partial charge is 0.402 e. The molecule has 116 valence electrons. The van der Waals surface area contributed by atoms with Crippen molar-refractivity contribution >= 4 is 21.5 Å². The van der Waals surface area contributed by atoms with Gasteiger partial charge in [0.2, 0.25) is 0 Å². The molecule has 0 unspecified atom stereocenters. The molecule has 2 rings (SSSR count). The minimum absolute atomic E-state index is 0.00442. The van der Waals surface area contributed by atoms with Gasteiger partial charge in [-0.2, -0.15) is 17.5 Å². The van der Waals surface area contributed by atoms with Gasteiger partial charge < -0.3 is 5.32 Å². The number of pyridine rings is 1. The molecule has 2 aromatic heterocycles. The number of aromatic nitrogens is 2. The van der Waals surface area contributed by atoms with Crippen molar-refractivity contribution in [3.05, 3.63) is 24.4 Å². The number of fused-ring (bicyclic) bond motifs is 1. The van der Waals surface area contributed by atoms with Gasteiger partial charge in [-0.05, 0) is 12.1 Å². The van der Waals surface area contributed by atoms with E-state index < -0.39 is 22.7 Å². The normalized spacial score (nSPS) is 13.0. The van der Waals surface area contributed by atoms with Crippen LogP contribution in [-0.4, -0.2) is 48.9 Å². The van der Waals surface area contributed by atoms with E-state index in [0.717, 1.165) is 7.05 Å². The fraction of sp³-hybridized carbons (Fsp3) is 0.364. The molecule has 0 radical (unpaired) electrons. The third-order valence-corrected chi connectivity index (χ3v) is 4.61. The van der Waals surface area contributed by atoms with Crippen molar-refractivity contribution in [1.29, 1.82) is 0 Å². The van der Waals surface area contributed by atoms with E-state index in [1.807, 2.05) is 0 Å². The lowest BCUT2D eigenvalue weighted by atomic mass is 10.5. The van der Waals surface area contributed by atoms with Crippen molar-refractivity contribution in [2.45, 2.75) is 11.2 Å². The molecule has 2 heterocycles. The zero-order chi connectivity index (χ0) is 15.8. The molecule has 1 N–H and O–H groups in total. The van der Waals surface area contributed by atoms with Crippen molar-refractivity contribution < 1.29 is 21.6 Å². The van der Waals surface area contributed by atoms with Gasteiger partial charge in [0.25, 0.3) is 10.0 Å². The number of rotatable bonds is 4. The number of nitrogens with zero attached hydrogens (tertiary/aromatic N) is 3. The van der Waals surface area contributed by atoms with Crippen LogP contribution in [0, 0.1) is 0 Å². The highest BCUT2D eigenvalue weighted by molar-refractivity contribution is 7.89. The van der Waals surface area contributed by atoms with Gasteiger partial charge in [-0.15, -0.1) is 0 Å². The molecule has 0 spiro atoms. The Kier molecular flexibility index (Phi) is 3.85. The molecule has 10 heteroatoms. The highest BCUT2D eigenvalue weighted by atomic mass is 32.2. The summed E-state index contributed by atoms with van der Waals surface area (Å²) in [6.45, 7) is -1.57. The number of alkyl halides is 3. The molecule has 0 aromatic carbocycles. The molecular formula is C11H13F3N4O2S. The van der Waals surface area contributed by atoms with Crippen LogP contribution in [0.4, 0.5) is 19.0 Å². The quantitative estimate of drug-likeness (QED) is 0.928. The number of nitrogens with one attached hydrogen (secondary N) is 1. The second kappa shape index (κ2) is 5.19. The molecule has 0 saturated heterocycles. The summed E-state index contributed by atoms with van der Waals surface area (Å²) in [5, 5.41) is 2.26. The standard InChI is InChI=1S/C11H13F3N4O2S/c1-15-9-10(18-6-4-3-5-8(18)16-9)21(19,20)17(2)7-11(12,13)14/h3-6,15H,7H2,1-2H3. The fourth-order valence-corrected chi connectivity index (χ4v) is 3.27. The Balaban J connectivity index is 2.59. The van der Waals surface area contributed by atoms with Gasteiger partial charge in [0.15, 0.2) is 10.8 Å². The van der Waals surface area contributed by atoms with Crippen LogP contribution in [0.5, 0.6) is 0 Å². The lowest BCUT2D eigenvalue weighted by Gasteiger charge is -2.19. The molecular weight excluding hydrogens is 309 g/mol. The first-order chi connectivity index (χ1) is 9.66. The van der Waals surface area contributed by atoms with Crippen molar-refractivity contribution in [1.82, 2.24) is 13.7 Å². The van der Waals surface area contributed by atoms with Crippen LogP contribution < -0.4 is 5.32 Å². The summed E-state index contributed by atoms with van der Waals surface area (Å²) in [6, 6.07) is 4.78. The highest BCUT2D eigenvalue weighted by Gasteiger charge is 2.37. The van der Waals surface area contributed by atoms with Gasteiger partial charge in [-0.3, -0.25) is 4.40 Å². The van der Waals surface area contributed by atoms with Crippen LogP contribution >= 0.6 is 0 Å². The molecule has 0 amide bonds. The van der Waals surface area contributed by atoms with Crippen LogP contribution in [0.3, 0.4) is 0 Å². The van der Waals surface area contributed by atoms with Gasteiger partial charge in [0.1, 0.15) is 12.2 Å². The van der Waals surface area contributed by atoms with E-state index >= 15 is 0 Å². The molecule has 0 bridgehead atoms. The molecule has 21 heavy (non-hydrogen) atoms. The van der Waals surface area contributed by atoms with E-state index in [1.54, 1.807) is 18.2 Å². The first kappa shape index (κ1) is 15.6. The molecule has 0 aliphatic rings. The van der Waals surface area contributed by atoms with E-state index in [1.165, 1.54) is 17.6 Å². The Bertz CT molecular complexity index is 754. The number of anilines is 1. The smallest absolute Gasteiger partial charge is 0.371 e. The van der Waals surface area contributed by atoms with Crippen molar-refractivity contribution in [3.8, 4) is 0 Å². The molecule has 0 aliphatic carbocycles. The first-order valence-electron chi connectivity index (χ1n) is 5.85. The lowest BCUT2D eigenvalue weighted by Crippen LogP contribution is -2.36. The third kappa shape index (κ3) is 2.95. The number of hydrogen-bond acceptors (Lipinski definition) is 4. The average molecular weight is 322 g/mol. The lowest BCUT2D eigenvalue weighted by molar-refractivity contribution is -0.134. The fourth-order valence-electron chi connectivity index (χ4n) is 1.87. The zero-order valence-corrected chi connectivity index (χ0v) is 12.0. The summed E-state index contributed by atoms with van der Waals surface area (Å²) in [4.78, 5) is 4.04. The zero-order valence-electron chi connectivity index (χ0n) is 11.2. The molecule has 0 fully saturated rings. The number of halogens is 3. The maximum atomic E-state index is 12.4. The number of hydrogen-bond donors (Lipinski definition) is 1. The van der Waals surface area contributed by atoms with Crippen molar-refractivity contribution in [2.24, 2.45) is 0 Å². The van der Waals surface area contributed by atoms with Crippen LogP contribution in [0.25, 0.3) is 5.65 Å². The summed E-state index contributed by atoms with van der Waals surface area (Å²) in [7, 11) is -2.02. The topological polar surface area (TPSA) is 66.7 Å². The minimum Gasteiger partial charge on any atom is -0.371 e. The Hall–Kier alpha value is -1.81. The first-order valence-corrected chi connectivity index (χ1v) is 7.29. The van der Waals surface area contributed by atoms with E-state index in [9.17, 15) is 21.6 Å². The number of sulfonamides is 1. The summed E-state index contributed by atoms with van der Waals surface area (Å²) in [5.41, 5.74) is 0.320. The predicted molar refractivity (Wildman–Crippen MR) is 70.6 cm³/mol. The Morgan fingerprint density at radius 2 is 2.05 bits per heavy atom. The predicted octanol–water partition coefficient (Wildman–Crippen LogP) is 1.56. The van der Waals surface area contributed by atoms with E-state index in [4.69, 9.17) is 0 Å². The monoisotopic (exact) mass is 322 g/mol. The van der Waals surface area contributed by atoms with Gasteiger partial charge in [-0.25, -0.2) is 13.4 Å². The van der Waals surface area contributed by atoms with Crippen LogP contribution in [-0.2, 0) is 10.0 Å². The minimum atomic E-state index is -4.62. The van der Waals surface area contributed by atoms with E-state index in [-0.39, 0.29) is 15.1 Å². The maximum Gasteiger partial charge on any atom is 0.402 e. The van der Waals surface area contributed by atoms with Gasteiger partial charge >= 0.3 is 6.18 Å². The van der Waals surface area contributed by atoms with Crippen LogP contribution in [0.2, 0.25) is 0 Å². The van der Waals surface area contributed by atoms with Gasteiger partial charge in [0, 0.05) is 20.3 Å². The SMILES string of the molecule is CNc1nc2ccccn2c1S(=O)(=O)N(C)CC(F)(F)F. The van der Waals surface area contributed by atoms with Crippen LogP contribution in [0.15, 0.2) is 29.4 Å². The highest BCUT2D eigenvalue weighted by Crippen LogP contribution is 2.27. The Labute approximate surface area is 119 Å². The molecule has 0 saturated carbocycles. The van der Waals surface area contributed by atoms with Crippen LogP contribution in [0.1, 0.15) is 0 Å². The molecule has 2 aromatic rings. The number of imidazole rings is 1.